The molecule has 12 heavy (non-hydrogen) atoms. The Labute approximate surface area is 78.1 Å². The zero-order valence-electron chi connectivity index (χ0n) is 8.65. The zero-order chi connectivity index (χ0) is 9.07. The molecule has 1 fully saturated rings. The van der Waals surface area contributed by atoms with Crippen molar-refractivity contribution in [3.63, 3.8) is 0 Å². The van der Waals surface area contributed by atoms with Crippen molar-refractivity contribution < 1.29 is 0 Å². The van der Waals surface area contributed by atoms with Crippen molar-refractivity contribution in [2.75, 3.05) is 0 Å². The molecule has 0 aromatic heterocycles. The Morgan fingerprint density at radius 3 is 1.83 bits per heavy atom. The molecular formula is C12H24. The van der Waals surface area contributed by atoms with Gasteiger partial charge >= 0.3 is 0 Å². The monoisotopic (exact) mass is 168 g/mol. The van der Waals surface area contributed by atoms with Gasteiger partial charge in [-0.3, -0.25) is 0 Å². The number of allylic oxidation sites excluding steroid dienone is 1. The van der Waals surface area contributed by atoms with E-state index < -0.39 is 0 Å². The van der Waals surface area contributed by atoms with Gasteiger partial charge in [0, 0.05) is 0 Å². The summed E-state index contributed by atoms with van der Waals surface area (Å²) in [5.74, 6) is 0. The van der Waals surface area contributed by atoms with Gasteiger partial charge < -0.3 is 0 Å². The molecule has 0 aromatic rings. The van der Waals surface area contributed by atoms with Gasteiger partial charge in [-0.1, -0.05) is 57.9 Å². The highest BCUT2D eigenvalue weighted by atomic mass is 14.0. The molecule has 72 valence electrons. The third kappa shape index (κ3) is 9.74. The molecule has 0 bridgehead atoms. The second-order valence-electron chi connectivity index (χ2n) is 3.55. The molecule has 0 heterocycles. The molecule has 0 aliphatic heterocycles. The molecule has 0 aromatic carbocycles. The minimum absolute atomic E-state index is 1.19. The predicted molar refractivity (Wildman–Crippen MR) is 57.4 cm³/mol. The SMILES string of the molecule is C1CCCC1.C=CCCCCC. The summed E-state index contributed by atoms with van der Waals surface area (Å²) in [4.78, 5) is 0. The lowest BCUT2D eigenvalue weighted by molar-refractivity contribution is 0.730. The molecule has 0 nitrogen and oxygen atoms in total. The molecule has 1 aliphatic carbocycles. The zero-order valence-corrected chi connectivity index (χ0v) is 8.65. The Balaban J connectivity index is 0.000000211. The van der Waals surface area contributed by atoms with Gasteiger partial charge in [0.25, 0.3) is 0 Å². The van der Waals surface area contributed by atoms with E-state index in [0.717, 1.165) is 0 Å². The van der Waals surface area contributed by atoms with E-state index in [9.17, 15) is 0 Å². The lowest BCUT2D eigenvalue weighted by Crippen LogP contribution is -1.67. The van der Waals surface area contributed by atoms with Gasteiger partial charge in [0.2, 0.25) is 0 Å². The van der Waals surface area contributed by atoms with E-state index in [4.69, 9.17) is 0 Å². The largest absolute Gasteiger partial charge is 0.103 e. The Kier molecular flexibility index (Phi) is 10.5. The summed E-state index contributed by atoms with van der Waals surface area (Å²) >= 11 is 0. The van der Waals surface area contributed by atoms with Crippen LogP contribution in [0.15, 0.2) is 12.7 Å². The minimum Gasteiger partial charge on any atom is -0.103 e. The summed E-state index contributed by atoms with van der Waals surface area (Å²) < 4.78 is 0. The number of hydrogen-bond acceptors (Lipinski definition) is 0. The van der Waals surface area contributed by atoms with Crippen LogP contribution in [0.5, 0.6) is 0 Å². The van der Waals surface area contributed by atoms with Crippen molar-refractivity contribution in [1.82, 2.24) is 0 Å². The van der Waals surface area contributed by atoms with Crippen LogP contribution in [0.25, 0.3) is 0 Å². The third-order valence-corrected chi connectivity index (χ3v) is 2.26. The normalized spacial score (nSPS) is 15.1. The van der Waals surface area contributed by atoms with Crippen LogP contribution in [-0.4, -0.2) is 0 Å². The molecule has 1 rings (SSSR count). The molecule has 1 saturated carbocycles. The van der Waals surface area contributed by atoms with E-state index >= 15 is 0 Å². The van der Waals surface area contributed by atoms with Gasteiger partial charge in [-0.2, -0.15) is 0 Å². The van der Waals surface area contributed by atoms with Crippen molar-refractivity contribution in [3.8, 4) is 0 Å². The molecule has 0 spiro atoms. The third-order valence-electron chi connectivity index (χ3n) is 2.26. The summed E-state index contributed by atoms with van der Waals surface area (Å²) in [5, 5.41) is 0. The first kappa shape index (κ1) is 11.7. The van der Waals surface area contributed by atoms with E-state index in [2.05, 4.69) is 13.5 Å². The van der Waals surface area contributed by atoms with Gasteiger partial charge in [-0.15, -0.1) is 6.58 Å². The van der Waals surface area contributed by atoms with Crippen molar-refractivity contribution in [2.24, 2.45) is 0 Å². The first-order chi connectivity index (χ1) is 5.91. The summed E-state index contributed by atoms with van der Waals surface area (Å²) in [6.07, 6.45) is 14.7. The first-order valence-corrected chi connectivity index (χ1v) is 5.52. The number of rotatable bonds is 4. The lowest BCUT2D eigenvalue weighted by Gasteiger charge is -1.87. The maximum absolute atomic E-state index is 3.63. The molecule has 0 saturated heterocycles. The van der Waals surface area contributed by atoms with Gasteiger partial charge in [-0.05, 0) is 12.8 Å². The maximum atomic E-state index is 3.63. The van der Waals surface area contributed by atoms with Crippen LogP contribution in [0.1, 0.15) is 64.7 Å². The van der Waals surface area contributed by atoms with E-state index in [1.807, 2.05) is 6.08 Å². The van der Waals surface area contributed by atoms with E-state index in [1.54, 1.807) is 0 Å². The highest BCUT2D eigenvalue weighted by Crippen LogP contribution is 2.15. The van der Waals surface area contributed by atoms with Crippen molar-refractivity contribution in [1.29, 1.82) is 0 Å². The minimum atomic E-state index is 1.19. The quantitative estimate of drug-likeness (QED) is 0.421. The average Bonchev–Trinajstić information content (AvgIpc) is 2.62. The highest BCUT2D eigenvalue weighted by Gasteiger charge is 1.95. The molecule has 1 aliphatic rings. The summed E-state index contributed by atoms with van der Waals surface area (Å²) in [5.41, 5.74) is 0. The molecule has 0 N–H and O–H groups in total. The molecular weight excluding hydrogens is 144 g/mol. The second-order valence-corrected chi connectivity index (χ2v) is 3.55. The lowest BCUT2D eigenvalue weighted by atomic mass is 10.2. The standard InChI is InChI=1S/C7H14.C5H10/c1-3-5-7-6-4-2;1-2-4-5-3-1/h3H,1,4-7H2,2H3;1-5H2. The van der Waals surface area contributed by atoms with Crippen LogP contribution in [0.4, 0.5) is 0 Å². The highest BCUT2D eigenvalue weighted by molar-refractivity contribution is 4.64. The Hall–Kier alpha value is -0.260. The molecule has 0 atom stereocenters. The van der Waals surface area contributed by atoms with E-state index in [0.29, 0.717) is 0 Å². The molecule has 0 radical (unpaired) electrons. The Bertz CT molecular complexity index is 72.4. The summed E-state index contributed by atoms with van der Waals surface area (Å²) in [6.45, 7) is 5.84. The van der Waals surface area contributed by atoms with Gasteiger partial charge in [0.05, 0.1) is 0 Å². The Morgan fingerprint density at radius 1 is 1.00 bits per heavy atom. The van der Waals surface area contributed by atoms with E-state index in [1.165, 1.54) is 57.8 Å². The van der Waals surface area contributed by atoms with Crippen LogP contribution in [0, 0.1) is 0 Å². The molecule has 0 unspecified atom stereocenters. The van der Waals surface area contributed by atoms with Crippen molar-refractivity contribution in [3.05, 3.63) is 12.7 Å². The molecule has 0 heteroatoms. The summed E-state index contributed by atoms with van der Waals surface area (Å²) in [7, 11) is 0. The summed E-state index contributed by atoms with van der Waals surface area (Å²) in [6, 6.07) is 0. The van der Waals surface area contributed by atoms with Gasteiger partial charge in [0.1, 0.15) is 0 Å². The number of hydrogen-bond donors (Lipinski definition) is 0. The van der Waals surface area contributed by atoms with Crippen LogP contribution >= 0.6 is 0 Å². The second kappa shape index (κ2) is 10.7. The van der Waals surface area contributed by atoms with E-state index in [-0.39, 0.29) is 0 Å². The van der Waals surface area contributed by atoms with Crippen molar-refractivity contribution in [2.45, 2.75) is 64.7 Å². The van der Waals surface area contributed by atoms with Crippen LogP contribution in [0.2, 0.25) is 0 Å². The number of unbranched alkanes of at least 4 members (excludes halogenated alkanes) is 3. The average molecular weight is 168 g/mol. The van der Waals surface area contributed by atoms with Crippen LogP contribution < -0.4 is 0 Å². The predicted octanol–water partition coefficient (Wildman–Crippen LogP) is 4.70. The fraction of sp³-hybridized carbons (Fsp3) is 0.833. The smallest absolute Gasteiger partial charge is 0.0353 e. The first-order valence-electron chi connectivity index (χ1n) is 5.52. The maximum Gasteiger partial charge on any atom is -0.0353 e. The van der Waals surface area contributed by atoms with Gasteiger partial charge in [0.15, 0.2) is 0 Å². The van der Waals surface area contributed by atoms with Crippen LogP contribution in [0.3, 0.4) is 0 Å². The van der Waals surface area contributed by atoms with Crippen molar-refractivity contribution >= 4 is 0 Å². The fourth-order valence-corrected chi connectivity index (χ4v) is 1.42. The van der Waals surface area contributed by atoms with Crippen LogP contribution in [-0.2, 0) is 0 Å². The molecule has 0 amide bonds. The van der Waals surface area contributed by atoms with Gasteiger partial charge in [-0.25, -0.2) is 0 Å². The Morgan fingerprint density at radius 2 is 1.50 bits per heavy atom. The topological polar surface area (TPSA) is 0 Å². The fourth-order valence-electron chi connectivity index (χ4n) is 1.42.